The second-order valence-electron chi connectivity index (χ2n) is 7.85. The third-order valence-electron chi connectivity index (χ3n) is 5.05. The lowest BCUT2D eigenvalue weighted by molar-refractivity contribution is -0.118. The molecule has 0 unspecified atom stereocenters. The van der Waals surface area contributed by atoms with Crippen molar-refractivity contribution in [2.45, 2.75) is 19.8 Å². The molecule has 0 radical (unpaired) electrons. The predicted molar refractivity (Wildman–Crippen MR) is 134 cm³/mol. The highest BCUT2D eigenvalue weighted by molar-refractivity contribution is 6.42. The number of hydrogen-bond acceptors (Lipinski definition) is 5. The van der Waals surface area contributed by atoms with Gasteiger partial charge >= 0.3 is 0 Å². The number of nitrogens with one attached hydrogen (secondary N) is 1. The number of anilines is 1. The van der Waals surface area contributed by atoms with Crippen molar-refractivity contribution in [1.29, 1.82) is 0 Å². The summed E-state index contributed by atoms with van der Waals surface area (Å²) >= 11 is 11.8. The lowest BCUT2D eigenvalue weighted by atomic mass is 10.0. The van der Waals surface area contributed by atoms with Gasteiger partial charge in [-0.05, 0) is 47.9 Å². The van der Waals surface area contributed by atoms with Crippen LogP contribution in [-0.2, 0) is 4.79 Å². The Bertz CT molecular complexity index is 1410. The molecular formula is C26H21Cl2NO5. The van der Waals surface area contributed by atoms with Gasteiger partial charge in [-0.1, -0.05) is 55.2 Å². The number of carbonyl (C=O) groups is 1. The minimum Gasteiger partial charge on any atom is -0.484 e. The first-order valence-electron chi connectivity index (χ1n) is 10.5. The molecule has 4 rings (SSSR count). The van der Waals surface area contributed by atoms with E-state index in [1.54, 1.807) is 36.4 Å². The van der Waals surface area contributed by atoms with Gasteiger partial charge in [0.05, 0.1) is 15.4 Å². The highest BCUT2D eigenvalue weighted by atomic mass is 35.5. The molecule has 0 saturated carbocycles. The first kappa shape index (κ1) is 23.7. The Morgan fingerprint density at radius 2 is 1.79 bits per heavy atom. The van der Waals surface area contributed by atoms with Gasteiger partial charge in [0.15, 0.2) is 6.61 Å². The highest BCUT2D eigenvalue weighted by Crippen LogP contribution is 2.30. The van der Waals surface area contributed by atoms with Gasteiger partial charge in [-0.15, -0.1) is 0 Å². The molecule has 1 amide bonds. The van der Waals surface area contributed by atoms with Crippen LogP contribution in [0.1, 0.15) is 25.3 Å². The second kappa shape index (κ2) is 10.2. The van der Waals surface area contributed by atoms with Gasteiger partial charge in [0.25, 0.3) is 5.91 Å². The first-order valence-corrected chi connectivity index (χ1v) is 11.3. The Balaban J connectivity index is 1.47. The summed E-state index contributed by atoms with van der Waals surface area (Å²) in [5.41, 5.74) is 1.50. The molecule has 8 heteroatoms. The van der Waals surface area contributed by atoms with E-state index in [4.69, 9.17) is 37.1 Å². The van der Waals surface area contributed by atoms with Crippen LogP contribution in [0.5, 0.6) is 17.2 Å². The third kappa shape index (κ3) is 5.35. The van der Waals surface area contributed by atoms with Crippen molar-refractivity contribution < 1.29 is 18.7 Å². The Hall–Kier alpha value is -3.48. The second-order valence-corrected chi connectivity index (χ2v) is 8.66. The minimum atomic E-state index is -0.382. The van der Waals surface area contributed by atoms with E-state index in [0.29, 0.717) is 38.2 Å². The number of hydrogen-bond donors (Lipinski definition) is 1. The molecule has 0 saturated heterocycles. The number of halogens is 2. The van der Waals surface area contributed by atoms with E-state index >= 15 is 0 Å². The highest BCUT2D eigenvalue weighted by Gasteiger charge is 2.14. The molecule has 0 fully saturated rings. The molecule has 0 atom stereocenters. The van der Waals surface area contributed by atoms with Crippen molar-refractivity contribution in [3.63, 3.8) is 0 Å². The lowest BCUT2D eigenvalue weighted by Crippen LogP contribution is -2.20. The average molecular weight is 498 g/mol. The van der Waals surface area contributed by atoms with Gasteiger partial charge in [0.1, 0.15) is 23.3 Å². The summed E-state index contributed by atoms with van der Waals surface area (Å²) in [6.07, 6.45) is 1.28. The molecule has 0 bridgehead atoms. The van der Waals surface area contributed by atoms with E-state index in [9.17, 15) is 9.59 Å². The zero-order valence-corrected chi connectivity index (χ0v) is 19.9. The maximum Gasteiger partial charge on any atom is 0.262 e. The molecule has 0 aliphatic heterocycles. The molecule has 1 aromatic heterocycles. The van der Waals surface area contributed by atoms with E-state index in [-0.39, 0.29) is 29.6 Å². The fourth-order valence-electron chi connectivity index (χ4n) is 3.34. The standard InChI is InChI=1S/C26H21Cl2NO5/c1-15(2)18-5-3-4-6-22(18)34-24-13-33-23-12-17(8-9-19(23)26(24)31)32-14-25(30)29-16-7-10-20(27)21(28)11-16/h3-13,15H,14H2,1-2H3,(H,29,30). The van der Waals surface area contributed by atoms with Gasteiger partial charge < -0.3 is 19.2 Å². The number of fused-ring (bicyclic) bond motifs is 1. The molecule has 174 valence electrons. The maximum absolute atomic E-state index is 12.9. The fraction of sp³-hybridized carbons (Fsp3) is 0.154. The van der Waals surface area contributed by atoms with Crippen molar-refractivity contribution in [1.82, 2.24) is 0 Å². The van der Waals surface area contributed by atoms with E-state index in [2.05, 4.69) is 19.2 Å². The lowest BCUT2D eigenvalue weighted by Gasteiger charge is -2.13. The molecular weight excluding hydrogens is 477 g/mol. The molecule has 6 nitrogen and oxygen atoms in total. The molecule has 4 aromatic rings. The van der Waals surface area contributed by atoms with Crippen LogP contribution < -0.4 is 20.2 Å². The molecule has 0 aliphatic carbocycles. The summed E-state index contributed by atoms with van der Waals surface area (Å²) in [5, 5.41) is 3.74. The topological polar surface area (TPSA) is 77.8 Å². The number of amides is 1. The first-order chi connectivity index (χ1) is 16.3. The smallest absolute Gasteiger partial charge is 0.262 e. The third-order valence-corrected chi connectivity index (χ3v) is 5.79. The Morgan fingerprint density at radius 3 is 2.56 bits per heavy atom. The summed E-state index contributed by atoms with van der Waals surface area (Å²) in [6, 6.07) is 17.1. The fourth-order valence-corrected chi connectivity index (χ4v) is 3.64. The van der Waals surface area contributed by atoms with Crippen LogP contribution in [0.2, 0.25) is 10.0 Å². The number of benzene rings is 3. The Kier molecular flexibility index (Phi) is 7.10. The van der Waals surface area contributed by atoms with Crippen LogP contribution in [0.3, 0.4) is 0 Å². The number of para-hydroxylation sites is 1. The monoisotopic (exact) mass is 497 g/mol. The van der Waals surface area contributed by atoms with Crippen LogP contribution in [0.25, 0.3) is 11.0 Å². The Labute approximate surface area is 206 Å². The van der Waals surface area contributed by atoms with Crippen LogP contribution in [0, 0.1) is 0 Å². The summed E-state index contributed by atoms with van der Waals surface area (Å²) in [6.45, 7) is 3.86. The average Bonchev–Trinajstić information content (AvgIpc) is 2.82. The molecule has 1 N–H and O–H groups in total. The molecule has 34 heavy (non-hydrogen) atoms. The number of ether oxygens (including phenoxy) is 2. The van der Waals surface area contributed by atoms with Gasteiger partial charge in [-0.25, -0.2) is 0 Å². The summed E-state index contributed by atoms with van der Waals surface area (Å²) in [7, 11) is 0. The van der Waals surface area contributed by atoms with Crippen LogP contribution in [-0.4, -0.2) is 12.5 Å². The summed E-state index contributed by atoms with van der Waals surface area (Å²) in [5.74, 6) is 0.927. The van der Waals surface area contributed by atoms with Gasteiger partial charge in [0, 0.05) is 11.8 Å². The maximum atomic E-state index is 12.9. The van der Waals surface area contributed by atoms with E-state index in [1.165, 1.54) is 6.26 Å². The normalized spacial score (nSPS) is 11.0. The van der Waals surface area contributed by atoms with Crippen molar-refractivity contribution in [2.75, 3.05) is 11.9 Å². The zero-order chi connectivity index (χ0) is 24.2. The largest absolute Gasteiger partial charge is 0.484 e. The van der Waals surface area contributed by atoms with Gasteiger partial charge in [-0.2, -0.15) is 0 Å². The van der Waals surface area contributed by atoms with Gasteiger partial charge in [-0.3, -0.25) is 9.59 Å². The van der Waals surface area contributed by atoms with E-state index in [0.717, 1.165) is 5.56 Å². The minimum absolute atomic E-state index is 0.0928. The van der Waals surface area contributed by atoms with Gasteiger partial charge in [0.2, 0.25) is 11.2 Å². The van der Waals surface area contributed by atoms with Crippen LogP contribution in [0.15, 0.2) is 76.1 Å². The van der Waals surface area contributed by atoms with Crippen molar-refractivity contribution in [2.24, 2.45) is 0 Å². The van der Waals surface area contributed by atoms with E-state index in [1.807, 2.05) is 24.3 Å². The quantitative estimate of drug-likeness (QED) is 0.296. The van der Waals surface area contributed by atoms with E-state index < -0.39 is 0 Å². The van der Waals surface area contributed by atoms with Crippen LogP contribution in [0.4, 0.5) is 5.69 Å². The number of carbonyl (C=O) groups excluding carboxylic acids is 1. The predicted octanol–water partition coefficient (Wildman–Crippen LogP) is 7.03. The van der Waals surface area contributed by atoms with Crippen molar-refractivity contribution in [3.05, 3.63) is 92.8 Å². The molecule has 0 aliphatic rings. The molecule has 0 spiro atoms. The number of rotatable bonds is 7. The SMILES string of the molecule is CC(C)c1ccccc1Oc1coc2cc(OCC(=O)Nc3ccc(Cl)c(Cl)c3)ccc2c1=O. The summed E-state index contributed by atoms with van der Waals surface area (Å²) < 4.78 is 17.1. The molecule has 1 heterocycles. The van der Waals surface area contributed by atoms with Crippen molar-refractivity contribution in [3.8, 4) is 17.2 Å². The van der Waals surface area contributed by atoms with Crippen LogP contribution >= 0.6 is 23.2 Å². The summed E-state index contributed by atoms with van der Waals surface area (Å²) in [4.78, 5) is 25.1. The molecule has 3 aromatic carbocycles. The zero-order valence-electron chi connectivity index (χ0n) is 18.4. The van der Waals surface area contributed by atoms with Crippen molar-refractivity contribution >= 4 is 45.8 Å². The Morgan fingerprint density at radius 1 is 1.00 bits per heavy atom.